The van der Waals surface area contributed by atoms with Gasteiger partial charge in [-0.1, -0.05) is 86.6 Å². The Balaban J connectivity index is 1.48. The van der Waals surface area contributed by atoms with Crippen molar-refractivity contribution in [3.63, 3.8) is 0 Å². The Morgan fingerprint density at radius 1 is 0.927 bits per heavy atom. The first-order valence-corrected chi connectivity index (χ1v) is 15.0. The molecule has 6 heteroatoms. The van der Waals surface area contributed by atoms with E-state index >= 15 is 0 Å². The van der Waals surface area contributed by atoms with Gasteiger partial charge in [0.05, 0.1) is 16.8 Å². The van der Waals surface area contributed by atoms with Gasteiger partial charge in [-0.05, 0) is 58.2 Å². The molecule has 1 amide bonds. The smallest absolute Gasteiger partial charge is 0.238 e. The van der Waals surface area contributed by atoms with Crippen LogP contribution in [-0.2, 0) is 16.6 Å². The van der Waals surface area contributed by atoms with Crippen molar-refractivity contribution in [1.29, 1.82) is 0 Å². The average Bonchev–Trinajstić information content (AvgIpc) is 3.69. The maximum atomic E-state index is 14.9. The molecule has 4 heterocycles. The van der Waals surface area contributed by atoms with Gasteiger partial charge in [-0.15, -0.1) is 11.3 Å². The minimum atomic E-state index is -1.30. The van der Waals surface area contributed by atoms with Crippen LogP contribution in [-0.4, -0.2) is 28.4 Å². The first-order chi connectivity index (χ1) is 19.9. The third kappa shape index (κ3) is 3.77. The van der Waals surface area contributed by atoms with Crippen molar-refractivity contribution in [2.75, 3.05) is 5.32 Å². The Labute approximate surface area is 243 Å². The summed E-state index contributed by atoms with van der Waals surface area (Å²) < 4.78 is 0. The molecular weight excluding hydrogens is 528 g/mol. The molecule has 3 aliphatic heterocycles. The Bertz CT molecular complexity index is 1710. The zero-order valence-corrected chi connectivity index (χ0v) is 23.7. The molecule has 0 aliphatic carbocycles. The number of hydrogen-bond donors (Lipinski definition) is 1. The molecule has 41 heavy (non-hydrogen) atoms. The lowest BCUT2D eigenvalue weighted by Crippen LogP contribution is -2.49. The molecule has 0 radical (unpaired) electrons. The summed E-state index contributed by atoms with van der Waals surface area (Å²) in [5, 5.41) is 4.98. The number of ketones is 2. The van der Waals surface area contributed by atoms with Crippen LogP contribution < -0.4 is 5.32 Å². The van der Waals surface area contributed by atoms with E-state index in [0.29, 0.717) is 22.0 Å². The highest BCUT2D eigenvalue weighted by Crippen LogP contribution is 2.62. The van der Waals surface area contributed by atoms with Gasteiger partial charge in [0, 0.05) is 17.5 Å². The zero-order valence-electron chi connectivity index (χ0n) is 22.9. The summed E-state index contributed by atoms with van der Waals surface area (Å²) >= 11 is 1.37. The number of carbonyl (C=O) groups excluding carboxylic acids is 3. The zero-order chi connectivity index (χ0) is 28.3. The van der Waals surface area contributed by atoms with Crippen molar-refractivity contribution >= 4 is 40.6 Å². The number of anilines is 1. The fourth-order valence-electron chi connectivity index (χ4n) is 7.19. The molecule has 1 N–H and O–H groups in total. The van der Waals surface area contributed by atoms with E-state index in [0.717, 1.165) is 28.7 Å². The maximum Gasteiger partial charge on any atom is 0.238 e. The van der Waals surface area contributed by atoms with E-state index in [2.05, 4.69) is 19.2 Å². The topological polar surface area (TPSA) is 66.5 Å². The summed E-state index contributed by atoms with van der Waals surface area (Å²) in [7, 11) is 0. The standard InChI is InChI=1S/C35H30N2O3S/c1-21(2)20-22-13-15-24(16-14-22)31(38)29-30(32(39)28-12-7-19-41-28)37-18-17-23-8-3-4-9-25(23)33(37)35(29)26-10-5-6-11-27(26)36-34(35)40/h3-19,21,29-30,33H,20H2,1-2H3,(H,36,40)/t29-,30+,33-,35-/m1/s1. The second-order valence-electron chi connectivity index (χ2n) is 11.6. The van der Waals surface area contributed by atoms with E-state index in [1.54, 1.807) is 6.07 Å². The van der Waals surface area contributed by atoms with Gasteiger partial charge in [0.15, 0.2) is 11.6 Å². The molecule has 4 aromatic rings. The quantitative estimate of drug-likeness (QED) is 0.261. The largest absolute Gasteiger partial charge is 0.358 e. The number of Topliss-reactive ketones (excluding diaryl/α,β-unsaturated/α-hetero) is 2. The Morgan fingerprint density at radius 2 is 1.68 bits per heavy atom. The van der Waals surface area contributed by atoms with Gasteiger partial charge in [0.25, 0.3) is 0 Å². The van der Waals surface area contributed by atoms with Gasteiger partial charge < -0.3 is 10.2 Å². The van der Waals surface area contributed by atoms with Gasteiger partial charge in [0.2, 0.25) is 5.91 Å². The molecule has 5 nitrogen and oxygen atoms in total. The van der Waals surface area contributed by atoms with Crippen LogP contribution in [0.1, 0.15) is 62.2 Å². The summed E-state index contributed by atoms with van der Waals surface area (Å²) in [6.45, 7) is 4.33. The van der Waals surface area contributed by atoms with Gasteiger partial charge in [-0.2, -0.15) is 0 Å². The van der Waals surface area contributed by atoms with Crippen molar-refractivity contribution in [1.82, 2.24) is 4.90 Å². The van der Waals surface area contributed by atoms with E-state index in [9.17, 15) is 14.4 Å². The number of thiophene rings is 1. The second-order valence-corrected chi connectivity index (χ2v) is 12.5. The molecule has 7 rings (SSSR count). The molecule has 0 bridgehead atoms. The predicted molar refractivity (Wildman–Crippen MR) is 162 cm³/mol. The lowest BCUT2D eigenvalue weighted by molar-refractivity contribution is -0.122. The van der Waals surface area contributed by atoms with E-state index in [1.807, 2.05) is 101 Å². The van der Waals surface area contributed by atoms with Crippen LogP contribution >= 0.6 is 11.3 Å². The molecule has 204 valence electrons. The van der Waals surface area contributed by atoms with Crippen LogP contribution in [0.15, 0.2) is 96.5 Å². The Kier molecular flexibility index (Phi) is 6.05. The summed E-state index contributed by atoms with van der Waals surface area (Å²) in [4.78, 5) is 46.3. The number of hydrogen-bond acceptors (Lipinski definition) is 5. The van der Waals surface area contributed by atoms with Crippen LogP contribution in [0.4, 0.5) is 5.69 Å². The van der Waals surface area contributed by atoms with Crippen LogP contribution in [0.5, 0.6) is 0 Å². The van der Waals surface area contributed by atoms with E-state index in [-0.39, 0.29) is 17.5 Å². The van der Waals surface area contributed by atoms with Gasteiger partial charge in [-0.25, -0.2) is 0 Å². The summed E-state index contributed by atoms with van der Waals surface area (Å²) in [6, 6.07) is 25.6. The van der Waals surface area contributed by atoms with Gasteiger partial charge in [-0.3, -0.25) is 14.4 Å². The fraction of sp³-hybridized carbons (Fsp3) is 0.229. The molecule has 0 saturated carbocycles. The van der Waals surface area contributed by atoms with Crippen molar-refractivity contribution in [3.8, 4) is 0 Å². The molecule has 3 aliphatic rings. The van der Waals surface area contributed by atoms with Crippen molar-refractivity contribution < 1.29 is 14.4 Å². The molecule has 4 atom stereocenters. The lowest BCUT2D eigenvalue weighted by atomic mass is 9.62. The number of amides is 1. The Hall–Kier alpha value is -4.29. The number of carbonyl (C=O) groups is 3. The van der Waals surface area contributed by atoms with Crippen LogP contribution in [0.25, 0.3) is 6.08 Å². The van der Waals surface area contributed by atoms with Crippen LogP contribution in [0.3, 0.4) is 0 Å². The second kappa shape index (κ2) is 9.67. The van der Waals surface area contributed by atoms with E-state index < -0.39 is 23.4 Å². The minimum Gasteiger partial charge on any atom is -0.358 e. The SMILES string of the molecule is CC(C)Cc1ccc(C(=O)[C@H]2[C@@H](C(=O)c3cccs3)N3C=Cc4ccccc4[C@@H]3[C@]23C(=O)Nc2ccccc23)cc1. The normalized spacial score (nSPS) is 23.8. The maximum absolute atomic E-state index is 14.9. The summed E-state index contributed by atoms with van der Waals surface area (Å²) in [5.74, 6) is -1.03. The van der Waals surface area contributed by atoms with Gasteiger partial charge in [0.1, 0.15) is 11.5 Å². The van der Waals surface area contributed by atoms with Crippen molar-refractivity contribution in [2.24, 2.45) is 11.8 Å². The van der Waals surface area contributed by atoms with Crippen molar-refractivity contribution in [2.45, 2.75) is 37.8 Å². The number of para-hydroxylation sites is 1. The van der Waals surface area contributed by atoms with E-state index in [1.165, 1.54) is 11.3 Å². The van der Waals surface area contributed by atoms with Crippen molar-refractivity contribution in [3.05, 3.63) is 129 Å². The van der Waals surface area contributed by atoms with Gasteiger partial charge >= 0.3 is 0 Å². The molecule has 1 fully saturated rings. The highest BCUT2D eigenvalue weighted by molar-refractivity contribution is 7.12. The third-order valence-corrected chi connectivity index (χ3v) is 9.65. The third-order valence-electron chi connectivity index (χ3n) is 8.77. The summed E-state index contributed by atoms with van der Waals surface area (Å²) in [5.41, 5.74) is 3.75. The van der Waals surface area contributed by atoms with Crippen LogP contribution in [0, 0.1) is 11.8 Å². The predicted octanol–water partition coefficient (Wildman–Crippen LogP) is 6.93. The van der Waals surface area contributed by atoms with E-state index in [4.69, 9.17) is 0 Å². The average molecular weight is 559 g/mol. The molecule has 3 aromatic carbocycles. The molecule has 0 unspecified atom stereocenters. The lowest BCUT2D eigenvalue weighted by Gasteiger charge is -2.38. The van der Waals surface area contributed by atoms with Crippen LogP contribution in [0.2, 0.25) is 0 Å². The number of benzene rings is 3. The number of nitrogens with one attached hydrogen (secondary N) is 1. The molecule has 1 aromatic heterocycles. The summed E-state index contributed by atoms with van der Waals surface area (Å²) in [6.07, 6.45) is 4.81. The molecule has 1 spiro atoms. The molecule has 1 saturated heterocycles. The first-order valence-electron chi connectivity index (χ1n) is 14.1. The highest BCUT2D eigenvalue weighted by atomic mass is 32.1. The number of rotatable bonds is 6. The fourth-order valence-corrected chi connectivity index (χ4v) is 7.89. The number of fused-ring (bicyclic) bond motifs is 6. The first kappa shape index (κ1) is 25.7. The Morgan fingerprint density at radius 3 is 2.44 bits per heavy atom. The highest BCUT2D eigenvalue weighted by Gasteiger charge is 2.70. The minimum absolute atomic E-state index is 0.141. The monoisotopic (exact) mass is 558 g/mol. The number of nitrogens with zero attached hydrogens (tertiary/aromatic N) is 1. The molecular formula is C35H30N2O3S.